The Bertz CT molecular complexity index is 943. The van der Waals surface area contributed by atoms with Crippen molar-refractivity contribution in [3.05, 3.63) is 66.0 Å². The molecule has 3 heterocycles. The summed E-state index contributed by atoms with van der Waals surface area (Å²) in [6, 6.07) is 12.4. The third-order valence-corrected chi connectivity index (χ3v) is 4.51. The van der Waals surface area contributed by atoms with Gasteiger partial charge in [-0.1, -0.05) is 12.1 Å². The Kier molecular flexibility index (Phi) is 3.90. The molecule has 0 unspecified atom stereocenters. The van der Waals surface area contributed by atoms with Crippen LogP contribution in [0.15, 0.2) is 48.8 Å². The van der Waals surface area contributed by atoms with Crippen LogP contribution in [0.25, 0.3) is 11.3 Å². The molecule has 4 rings (SSSR count). The van der Waals surface area contributed by atoms with Crippen molar-refractivity contribution in [1.82, 2.24) is 15.0 Å². The van der Waals surface area contributed by atoms with Gasteiger partial charge in [0.05, 0.1) is 23.5 Å². The standard InChI is InChI=1S/C19H16FN5/c20-15-7-2-1-6-14(15)16-12-23-18(24-16)17-8-4-10-25(17)19-13(11-21)5-3-9-22-19/h1-3,5-7,9,12,17H,4,8,10H2,(H,23,24)/t17-/m1/s1. The van der Waals surface area contributed by atoms with Crippen LogP contribution < -0.4 is 4.90 Å². The van der Waals surface area contributed by atoms with Crippen LogP contribution in [0.3, 0.4) is 0 Å². The summed E-state index contributed by atoms with van der Waals surface area (Å²) in [7, 11) is 0. The number of aromatic nitrogens is 3. The molecular weight excluding hydrogens is 317 g/mol. The molecule has 2 aromatic heterocycles. The number of aromatic amines is 1. The molecular formula is C19H16FN5. The summed E-state index contributed by atoms with van der Waals surface area (Å²) in [4.78, 5) is 14.2. The maximum Gasteiger partial charge on any atom is 0.147 e. The van der Waals surface area contributed by atoms with E-state index in [1.807, 2.05) is 0 Å². The first-order valence-corrected chi connectivity index (χ1v) is 8.19. The van der Waals surface area contributed by atoms with Crippen molar-refractivity contribution in [2.24, 2.45) is 0 Å². The van der Waals surface area contributed by atoms with Gasteiger partial charge in [-0.3, -0.25) is 0 Å². The van der Waals surface area contributed by atoms with Crippen molar-refractivity contribution >= 4 is 5.82 Å². The maximum absolute atomic E-state index is 14.0. The van der Waals surface area contributed by atoms with E-state index in [0.29, 0.717) is 22.6 Å². The molecule has 124 valence electrons. The van der Waals surface area contributed by atoms with E-state index >= 15 is 0 Å². The van der Waals surface area contributed by atoms with Crippen molar-refractivity contribution in [2.45, 2.75) is 18.9 Å². The quantitative estimate of drug-likeness (QED) is 0.791. The second-order valence-electron chi connectivity index (χ2n) is 6.00. The zero-order valence-electron chi connectivity index (χ0n) is 13.5. The second kappa shape index (κ2) is 6.36. The Morgan fingerprint density at radius 2 is 2.08 bits per heavy atom. The molecule has 0 aliphatic carbocycles. The Morgan fingerprint density at radius 1 is 1.20 bits per heavy atom. The number of imidazole rings is 1. The van der Waals surface area contributed by atoms with E-state index in [0.717, 1.165) is 25.2 Å². The summed E-state index contributed by atoms with van der Waals surface area (Å²) >= 11 is 0. The number of hydrogen-bond acceptors (Lipinski definition) is 4. The lowest BCUT2D eigenvalue weighted by Crippen LogP contribution is -2.25. The van der Waals surface area contributed by atoms with Crippen LogP contribution in [0, 0.1) is 17.1 Å². The lowest BCUT2D eigenvalue weighted by Gasteiger charge is -2.24. The molecule has 6 heteroatoms. The van der Waals surface area contributed by atoms with Gasteiger partial charge in [-0.05, 0) is 37.1 Å². The third-order valence-electron chi connectivity index (χ3n) is 4.51. The van der Waals surface area contributed by atoms with Crippen molar-refractivity contribution in [2.75, 3.05) is 11.4 Å². The molecule has 1 saturated heterocycles. The smallest absolute Gasteiger partial charge is 0.147 e. The van der Waals surface area contributed by atoms with Crippen LogP contribution in [-0.4, -0.2) is 21.5 Å². The number of nitrogens with zero attached hydrogens (tertiary/aromatic N) is 4. The number of anilines is 1. The molecule has 1 atom stereocenters. The molecule has 25 heavy (non-hydrogen) atoms. The van der Waals surface area contributed by atoms with Crippen LogP contribution in [0.5, 0.6) is 0 Å². The SMILES string of the molecule is N#Cc1cccnc1N1CCC[C@@H]1c1ncc(-c2ccccc2F)[nH]1. The van der Waals surface area contributed by atoms with Crippen LogP contribution in [0.2, 0.25) is 0 Å². The minimum Gasteiger partial charge on any atom is -0.345 e. The number of hydrogen-bond donors (Lipinski definition) is 1. The van der Waals surface area contributed by atoms with E-state index in [1.54, 1.807) is 42.7 Å². The molecule has 0 spiro atoms. The lowest BCUT2D eigenvalue weighted by molar-refractivity contribution is 0.630. The number of rotatable bonds is 3. The first-order chi connectivity index (χ1) is 12.3. The highest BCUT2D eigenvalue weighted by molar-refractivity contribution is 5.60. The fraction of sp³-hybridized carbons (Fsp3) is 0.211. The van der Waals surface area contributed by atoms with Crippen molar-refractivity contribution in [3.63, 3.8) is 0 Å². The van der Waals surface area contributed by atoms with E-state index < -0.39 is 0 Å². The zero-order chi connectivity index (χ0) is 17.2. The van der Waals surface area contributed by atoms with E-state index in [2.05, 4.69) is 25.9 Å². The Morgan fingerprint density at radius 3 is 2.92 bits per heavy atom. The highest BCUT2D eigenvalue weighted by Crippen LogP contribution is 2.36. The average Bonchev–Trinajstić information content (AvgIpc) is 3.31. The fourth-order valence-electron chi connectivity index (χ4n) is 3.34. The number of nitrogens with one attached hydrogen (secondary N) is 1. The molecule has 1 aromatic carbocycles. The summed E-state index contributed by atoms with van der Waals surface area (Å²) in [6.07, 6.45) is 5.25. The Balaban J connectivity index is 1.68. The molecule has 1 fully saturated rings. The fourth-order valence-corrected chi connectivity index (χ4v) is 3.34. The molecule has 0 radical (unpaired) electrons. The van der Waals surface area contributed by atoms with Crippen LogP contribution >= 0.6 is 0 Å². The van der Waals surface area contributed by atoms with Crippen LogP contribution in [0.4, 0.5) is 10.2 Å². The summed E-state index contributed by atoms with van der Waals surface area (Å²) in [5.74, 6) is 1.17. The average molecular weight is 333 g/mol. The normalized spacial score (nSPS) is 16.8. The molecule has 1 aliphatic rings. The summed E-state index contributed by atoms with van der Waals surface area (Å²) in [6.45, 7) is 0.812. The molecule has 0 saturated carbocycles. The molecule has 0 bridgehead atoms. The molecule has 1 aliphatic heterocycles. The van der Waals surface area contributed by atoms with Gasteiger partial charge >= 0.3 is 0 Å². The van der Waals surface area contributed by atoms with Crippen molar-refractivity contribution in [1.29, 1.82) is 5.26 Å². The summed E-state index contributed by atoms with van der Waals surface area (Å²) < 4.78 is 14.0. The minimum absolute atomic E-state index is 0.00234. The third kappa shape index (κ3) is 2.74. The van der Waals surface area contributed by atoms with E-state index in [1.165, 1.54) is 6.07 Å². The summed E-state index contributed by atoms with van der Waals surface area (Å²) in [5, 5.41) is 9.34. The largest absolute Gasteiger partial charge is 0.345 e. The number of benzene rings is 1. The molecule has 5 nitrogen and oxygen atoms in total. The monoisotopic (exact) mass is 333 g/mol. The predicted molar refractivity (Wildman–Crippen MR) is 92.3 cm³/mol. The van der Waals surface area contributed by atoms with Crippen LogP contribution in [-0.2, 0) is 0 Å². The predicted octanol–water partition coefficient (Wildman–Crippen LogP) is 3.82. The summed E-state index contributed by atoms with van der Waals surface area (Å²) in [5.41, 5.74) is 1.71. The minimum atomic E-state index is -0.280. The zero-order valence-corrected chi connectivity index (χ0v) is 13.5. The van der Waals surface area contributed by atoms with Crippen LogP contribution in [0.1, 0.15) is 30.3 Å². The van der Waals surface area contributed by atoms with Gasteiger partial charge in [0, 0.05) is 18.3 Å². The van der Waals surface area contributed by atoms with Gasteiger partial charge in [0.2, 0.25) is 0 Å². The van der Waals surface area contributed by atoms with Gasteiger partial charge in [-0.15, -0.1) is 0 Å². The van der Waals surface area contributed by atoms with E-state index in [4.69, 9.17) is 0 Å². The second-order valence-corrected chi connectivity index (χ2v) is 6.00. The molecule has 3 aromatic rings. The Hall–Kier alpha value is -3.20. The highest BCUT2D eigenvalue weighted by atomic mass is 19.1. The van der Waals surface area contributed by atoms with Gasteiger partial charge in [-0.2, -0.15) is 5.26 Å². The van der Waals surface area contributed by atoms with E-state index in [9.17, 15) is 9.65 Å². The van der Waals surface area contributed by atoms with Gasteiger partial charge in [0.25, 0.3) is 0 Å². The van der Waals surface area contributed by atoms with Gasteiger partial charge in [0.15, 0.2) is 0 Å². The maximum atomic E-state index is 14.0. The first kappa shape index (κ1) is 15.3. The molecule has 0 amide bonds. The van der Waals surface area contributed by atoms with E-state index in [-0.39, 0.29) is 11.9 Å². The topological polar surface area (TPSA) is 68.6 Å². The number of halogens is 1. The number of pyridine rings is 1. The first-order valence-electron chi connectivity index (χ1n) is 8.19. The van der Waals surface area contributed by atoms with Gasteiger partial charge in [-0.25, -0.2) is 14.4 Å². The number of H-pyrrole nitrogens is 1. The van der Waals surface area contributed by atoms with Crippen molar-refractivity contribution < 1.29 is 4.39 Å². The highest BCUT2D eigenvalue weighted by Gasteiger charge is 2.31. The van der Waals surface area contributed by atoms with Crippen molar-refractivity contribution in [3.8, 4) is 17.3 Å². The molecule has 1 N–H and O–H groups in total. The van der Waals surface area contributed by atoms with Gasteiger partial charge < -0.3 is 9.88 Å². The van der Waals surface area contributed by atoms with Gasteiger partial charge in [0.1, 0.15) is 23.5 Å². The lowest BCUT2D eigenvalue weighted by atomic mass is 10.1. The number of nitriles is 1. The Labute approximate surface area is 144 Å².